The number of benzene rings is 1. The highest BCUT2D eigenvalue weighted by Gasteiger charge is 2.16. The molecule has 1 heterocycles. The Hall–Kier alpha value is -1.31. The molecule has 1 aromatic carbocycles. The van der Waals surface area contributed by atoms with E-state index in [1.807, 2.05) is 0 Å². The van der Waals surface area contributed by atoms with Crippen LogP contribution in [0.4, 0.5) is 5.69 Å². The number of aryl methyl sites for hydroxylation is 1. The number of thiophene rings is 1. The lowest BCUT2D eigenvalue weighted by atomic mass is 10.0. The van der Waals surface area contributed by atoms with E-state index in [1.165, 1.54) is 16.9 Å². The molecule has 1 aromatic heterocycles. The van der Waals surface area contributed by atoms with Gasteiger partial charge in [-0.3, -0.25) is 0 Å². The van der Waals surface area contributed by atoms with Crippen LogP contribution in [0.25, 0.3) is 10.4 Å². The van der Waals surface area contributed by atoms with E-state index in [9.17, 15) is 0 Å². The van der Waals surface area contributed by atoms with Crippen molar-refractivity contribution in [2.75, 3.05) is 5.73 Å². The molecule has 0 radical (unpaired) electrons. The zero-order valence-corrected chi connectivity index (χ0v) is 13.4. The van der Waals surface area contributed by atoms with E-state index in [4.69, 9.17) is 11.0 Å². The van der Waals surface area contributed by atoms with Gasteiger partial charge in [0, 0.05) is 9.35 Å². The molecule has 0 amide bonds. The molecule has 0 aliphatic rings. The molecule has 4 heteroatoms. The van der Waals surface area contributed by atoms with Crippen LogP contribution in [0.5, 0.6) is 0 Å². The molecule has 0 atom stereocenters. The summed E-state index contributed by atoms with van der Waals surface area (Å²) in [7, 11) is 0. The van der Waals surface area contributed by atoms with Crippen molar-refractivity contribution >= 4 is 33.0 Å². The Bertz CT molecular complexity index is 633. The van der Waals surface area contributed by atoms with Gasteiger partial charge < -0.3 is 5.73 Å². The van der Waals surface area contributed by atoms with Gasteiger partial charge in [0.05, 0.1) is 5.69 Å². The maximum atomic E-state index is 9.15. The van der Waals surface area contributed by atoms with Crippen molar-refractivity contribution in [1.82, 2.24) is 0 Å². The Morgan fingerprint density at radius 3 is 2.68 bits per heavy atom. The van der Waals surface area contributed by atoms with E-state index in [2.05, 4.69) is 54.0 Å². The summed E-state index contributed by atoms with van der Waals surface area (Å²) in [6.45, 7) is 4.19. The summed E-state index contributed by atoms with van der Waals surface area (Å²) in [5, 5.41) is 9.15. The quantitative estimate of drug-likeness (QED) is 0.868. The van der Waals surface area contributed by atoms with Crippen molar-refractivity contribution < 1.29 is 0 Å². The molecule has 2 aromatic rings. The third-order valence-corrected chi connectivity index (χ3v) is 4.61. The number of nitrogens with two attached hydrogens (primary N) is 1. The normalized spacial score (nSPS) is 10.4. The molecule has 0 aliphatic carbocycles. The molecule has 0 aliphatic heterocycles. The first-order chi connectivity index (χ1) is 9.06. The molecule has 0 bridgehead atoms. The first-order valence-electron chi connectivity index (χ1n) is 6.15. The van der Waals surface area contributed by atoms with Crippen molar-refractivity contribution in [3.05, 3.63) is 38.7 Å². The second kappa shape index (κ2) is 5.77. The first-order valence-corrected chi connectivity index (χ1v) is 7.76. The molecule has 2 nitrogen and oxygen atoms in total. The number of nitriles is 1. The average molecular weight is 335 g/mol. The van der Waals surface area contributed by atoms with Crippen LogP contribution in [0.15, 0.2) is 22.7 Å². The lowest BCUT2D eigenvalue weighted by molar-refractivity contribution is 0.930. The van der Waals surface area contributed by atoms with Crippen molar-refractivity contribution in [2.45, 2.75) is 26.7 Å². The highest BCUT2D eigenvalue weighted by molar-refractivity contribution is 9.10. The van der Waals surface area contributed by atoms with Crippen LogP contribution in [0.1, 0.15) is 29.3 Å². The standard InChI is InChI=1S/C15H15BrN2S/c1-3-4-12-14(18)13(8-17)19-15(12)10-5-9(2)6-11(16)7-10/h5-7H,3-4,18H2,1-2H3. The van der Waals surface area contributed by atoms with Crippen LogP contribution >= 0.6 is 27.3 Å². The number of nitrogen functional groups attached to an aromatic ring is 1. The highest BCUT2D eigenvalue weighted by Crippen LogP contribution is 2.40. The molecule has 98 valence electrons. The van der Waals surface area contributed by atoms with E-state index in [-0.39, 0.29) is 0 Å². The lowest BCUT2D eigenvalue weighted by Crippen LogP contribution is -1.93. The topological polar surface area (TPSA) is 49.8 Å². The highest BCUT2D eigenvalue weighted by atomic mass is 79.9. The van der Waals surface area contributed by atoms with Gasteiger partial charge in [0.25, 0.3) is 0 Å². The fourth-order valence-corrected chi connectivity index (χ4v) is 3.82. The molecule has 2 N–H and O–H groups in total. The van der Waals surface area contributed by atoms with Crippen LogP contribution in [-0.2, 0) is 6.42 Å². The van der Waals surface area contributed by atoms with Gasteiger partial charge in [0.1, 0.15) is 10.9 Å². The predicted octanol–water partition coefficient (Wildman–Crippen LogP) is 4.89. The minimum absolute atomic E-state index is 0.621. The van der Waals surface area contributed by atoms with E-state index < -0.39 is 0 Å². The first kappa shape index (κ1) is 14.1. The van der Waals surface area contributed by atoms with E-state index >= 15 is 0 Å². The Kier molecular flexibility index (Phi) is 4.28. The summed E-state index contributed by atoms with van der Waals surface area (Å²) >= 11 is 5.01. The number of nitrogens with zero attached hydrogens (tertiary/aromatic N) is 1. The van der Waals surface area contributed by atoms with Crippen LogP contribution in [0.2, 0.25) is 0 Å². The third kappa shape index (κ3) is 2.83. The number of halogens is 1. The zero-order chi connectivity index (χ0) is 14.0. The lowest BCUT2D eigenvalue weighted by Gasteiger charge is -2.06. The molecule has 0 unspecified atom stereocenters. The Morgan fingerprint density at radius 2 is 2.11 bits per heavy atom. The minimum Gasteiger partial charge on any atom is -0.397 e. The number of hydrogen-bond donors (Lipinski definition) is 1. The molecule has 19 heavy (non-hydrogen) atoms. The second-order valence-electron chi connectivity index (χ2n) is 4.53. The number of anilines is 1. The molecular formula is C15H15BrN2S. The Balaban J connectivity index is 2.64. The fourth-order valence-electron chi connectivity index (χ4n) is 2.16. The van der Waals surface area contributed by atoms with Crippen molar-refractivity contribution in [1.29, 1.82) is 5.26 Å². The fraction of sp³-hybridized carbons (Fsp3) is 0.267. The number of hydrogen-bond acceptors (Lipinski definition) is 3. The summed E-state index contributed by atoms with van der Waals surface area (Å²) in [6, 6.07) is 8.49. The zero-order valence-electron chi connectivity index (χ0n) is 11.0. The van der Waals surface area contributed by atoms with Crippen molar-refractivity contribution in [2.24, 2.45) is 0 Å². The van der Waals surface area contributed by atoms with E-state index in [0.29, 0.717) is 10.6 Å². The van der Waals surface area contributed by atoms with Gasteiger partial charge in [-0.1, -0.05) is 35.3 Å². The third-order valence-electron chi connectivity index (χ3n) is 2.95. The summed E-state index contributed by atoms with van der Waals surface area (Å²) in [5.74, 6) is 0. The average Bonchev–Trinajstić information content (AvgIpc) is 2.66. The van der Waals surface area contributed by atoms with Gasteiger partial charge in [0.15, 0.2) is 0 Å². The Morgan fingerprint density at radius 1 is 1.37 bits per heavy atom. The van der Waals surface area contributed by atoms with Crippen LogP contribution in [0.3, 0.4) is 0 Å². The smallest absolute Gasteiger partial charge is 0.128 e. The summed E-state index contributed by atoms with van der Waals surface area (Å²) in [5.41, 5.74) is 10.2. The molecule has 0 saturated heterocycles. The molecule has 0 spiro atoms. The molecule has 2 rings (SSSR count). The summed E-state index contributed by atoms with van der Waals surface area (Å²) < 4.78 is 1.05. The van der Waals surface area contributed by atoms with Crippen molar-refractivity contribution in [3.63, 3.8) is 0 Å². The molecule has 0 saturated carbocycles. The molecular weight excluding hydrogens is 320 g/mol. The largest absolute Gasteiger partial charge is 0.397 e. The van der Waals surface area contributed by atoms with Crippen molar-refractivity contribution in [3.8, 4) is 16.5 Å². The Labute approximate surface area is 126 Å². The number of rotatable bonds is 3. The second-order valence-corrected chi connectivity index (χ2v) is 6.47. The predicted molar refractivity (Wildman–Crippen MR) is 85.3 cm³/mol. The summed E-state index contributed by atoms with van der Waals surface area (Å²) in [4.78, 5) is 1.75. The van der Waals surface area contributed by atoms with E-state index in [1.54, 1.807) is 0 Å². The SMILES string of the molecule is CCCc1c(-c2cc(C)cc(Br)c2)sc(C#N)c1N. The monoisotopic (exact) mass is 334 g/mol. The summed E-state index contributed by atoms with van der Waals surface area (Å²) in [6.07, 6.45) is 1.93. The van der Waals surface area contributed by atoms with Crippen LogP contribution in [0, 0.1) is 18.3 Å². The van der Waals surface area contributed by atoms with Gasteiger partial charge in [0.2, 0.25) is 0 Å². The minimum atomic E-state index is 0.621. The maximum Gasteiger partial charge on any atom is 0.128 e. The van der Waals surface area contributed by atoms with Gasteiger partial charge in [-0.15, -0.1) is 11.3 Å². The van der Waals surface area contributed by atoms with Gasteiger partial charge in [-0.25, -0.2) is 0 Å². The van der Waals surface area contributed by atoms with Gasteiger partial charge in [-0.2, -0.15) is 5.26 Å². The van der Waals surface area contributed by atoms with Crippen LogP contribution in [-0.4, -0.2) is 0 Å². The van der Waals surface area contributed by atoms with E-state index in [0.717, 1.165) is 33.3 Å². The molecule has 0 fully saturated rings. The van der Waals surface area contributed by atoms with Gasteiger partial charge in [-0.05, 0) is 42.2 Å². The van der Waals surface area contributed by atoms with Crippen LogP contribution < -0.4 is 5.73 Å². The van der Waals surface area contributed by atoms with Gasteiger partial charge >= 0.3 is 0 Å². The maximum absolute atomic E-state index is 9.15.